The number of aromatic nitrogens is 2. The molecule has 0 aliphatic carbocycles. The molecule has 7 nitrogen and oxygen atoms in total. The zero-order chi connectivity index (χ0) is 25.3. The van der Waals surface area contributed by atoms with Gasteiger partial charge in [0.05, 0.1) is 38.2 Å². The standard InChI is InChI=1S/C29H38N4O3/c1-22(2)17-26-18-24(31-33(26)25-9-5-4-6-10-25)19-29(34)30-21-32-15-13-23(14-16-32)20-36-28-12-8-7-11-27(28)35-3/h4-12,18,22-23H,13-17,19-21H2,1-3H3,(H,30,34). The van der Waals surface area contributed by atoms with Crippen LogP contribution in [0, 0.1) is 11.8 Å². The number of para-hydroxylation sites is 3. The number of ether oxygens (including phenoxy) is 2. The molecule has 0 spiro atoms. The number of nitrogens with one attached hydrogen (secondary N) is 1. The van der Waals surface area contributed by atoms with Crippen LogP contribution in [0.5, 0.6) is 11.5 Å². The van der Waals surface area contributed by atoms with Crippen LogP contribution in [-0.2, 0) is 17.6 Å². The van der Waals surface area contributed by atoms with Gasteiger partial charge in [-0.1, -0.05) is 44.2 Å². The first kappa shape index (κ1) is 25.8. The lowest BCUT2D eigenvalue weighted by atomic mass is 9.98. The Labute approximate surface area is 214 Å². The number of carbonyl (C=O) groups excluding carboxylic acids is 1. The molecule has 1 fully saturated rings. The molecule has 3 aromatic rings. The lowest BCUT2D eigenvalue weighted by Crippen LogP contribution is -2.43. The van der Waals surface area contributed by atoms with Gasteiger partial charge in [0.25, 0.3) is 0 Å². The van der Waals surface area contributed by atoms with Gasteiger partial charge in [-0.2, -0.15) is 5.10 Å². The van der Waals surface area contributed by atoms with E-state index in [4.69, 9.17) is 14.6 Å². The van der Waals surface area contributed by atoms with E-state index in [1.54, 1.807) is 7.11 Å². The molecule has 0 atom stereocenters. The number of benzene rings is 2. The molecule has 0 unspecified atom stereocenters. The van der Waals surface area contributed by atoms with E-state index in [1.165, 1.54) is 0 Å². The highest BCUT2D eigenvalue weighted by atomic mass is 16.5. The van der Waals surface area contributed by atoms with E-state index in [9.17, 15) is 4.79 Å². The molecule has 192 valence electrons. The smallest absolute Gasteiger partial charge is 0.227 e. The Balaban J connectivity index is 1.23. The van der Waals surface area contributed by atoms with Crippen LogP contribution >= 0.6 is 0 Å². The van der Waals surface area contributed by atoms with Crippen LogP contribution in [0.1, 0.15) is 38.1 Å². The molecular weight excluding hydrogens is 452 g/mol. The monoisotopic (exact) mass is 490 g/mol. The van der Waals surface area contributed by atoms with Crippen LogP contribution in [0.25, 0.3) is 5.69 Å². The third-order valence-electron chi connectivity index (χ3n) is 6.54. The fourth-order valence-corrected chi connectivity index (χ4v) is 4.60. The molecule has 7 heteroatoms. The van der Waals surface area contributed by atoms with Gasteiger partial charge >= 0.3 is 0 Å². The Hall–Kier alpha value is -3.32. The number of hydrogen-bond acceptors (Lipinski definition) is 5. The van der Waals surface area contributed by atoms with E-state index in [1.807, 2.05) is 59.3 Å². The van der Waals surface area contributed by atoms with Crippen LogP contribution in [0.2, 0.25) is 0 Å². The third-order valence-corrected chi connectivity index (χ3v) is 6.54. The summed E-state index contributed by atoms with van der Waals surface area (Å²) < 4.78 is 13.4. The highest BCUT2D eigenvalue weighted by molar-refractivity contribution is 5.78. The van der Waals surface area contributed by atoms with Crippen molar-refractivity contribution in [2.24, 2.45) is 11.8 Å². The quantitative estimate of drug-likeness (QED) is 0.429. The fraction of sp³-hybridized carbons (Fsp3) is 0.448. The van der Waals surface area contributed by atoms with Crippen LogP contribution < -0.4 is 14.8 Å². The molecule has 0 bridgehead atoms. The summed E-state index contributed by atoms with van der Waals surface area (Å²) in [5, 5.41) is 7.84. The van der Waals surface area contributed by atoms with E-state index >= 15 is 0 Å². The predicted octanol–water partition coefficient (Wildman–Crippen LogP) is 4.49. The van der Waals surface area contributed by atoms with Gasteiger partial charge < -0.3 is 14.8 Å². The van der Waals surface area contributed by atoms with E-state index in [0.717, 1.165) is 60.9 Å². The molecule has 1 amide bonds. The van der Waals surface area contributed by atoms with Crippen LogP contribution in [0.15, 0.2) is 60.7 Å². The Morgan fingerprint density at radius 2 is 1.75 bits per heavy atom. The van der Waals surface area contributed by atoms with Crippen molar-refractivity contribution in [3.8, 4) is 17.2 Å². The van der Waals surface area contributed by atoms with Gasteiger partial charge in [-0.25, -0.2) is 4.68 Å². The second kappa shape index (κ2) is 12.6. The lowest BCUT2D eigenvalue weighted by Gasteiger charge is -2.31. The summed E-state index contributed by atoms with van der Waals surface area (Å²) in [5.74, 6) is 2.58. The highest BCUT2D eigenvalue weighted by Gasteiger charge is 2.21. The average molecular weight is 491 g/mol. The first-order valence-corrected chi connectivity index (χ1v) is 12.9. The van der Waals surface area contributed by atoms with Gasteiger partial charge in [0.15, 0.2) is 11.5 Å². The van der Waals surface area contributed by atoms with E-state index in [0.29, 0.717) is 25.1 Å². The summed E-state index contributed by atoms with van der Waals surface area (Å²) in [6, 6.07) is 19.9. The number of amides is 1. The molecule has 36 heavy (non-hydrogen) atoms. The lowest BCUT2D eigenvalue weighted by molar-refractivity contribution is -0.121. The summed E-state index contributed by atoms with van der Waals surface area (Å²) >= 11 is 0. The maximum Gasteiger partial charge on any atom is 0.227 e. The minimum Gasteiger partial charge on any atom is -0.493 e. The number of piperidine rings is 1. The largest absolute Gasteiger partial charge is 0.493 e. The van der Waals surface area contributed by atoms with Gasteiger partial charge in [-0.15, -0.1) is 0 Å². The zero-order valence-corrected chi connectivity index (χ0v) is 21.7. The van der Waals surface area contributed by atoms with Gasteiger partial charge in [-0.05, 0) is 61.4 Å². The number of rotatable bonds is 11. The number of nitrogens with zero attached hydrogens (tertiary/aromatic N) is 3. The van der Waals surface area contributed by atoms with E-state index in [-0.39, 0.29) is 12.3 Å². The summed E-state index contributed by atoms with van der Waals surface area (Å²) in [6.07, 6.45) is 3.30. The first-order valence-electron chi connectivity index (χ1n) is 12.9. The van der Waals surface area contributed by atoms with Crippen molar-refractivity contribution in [2.75, 3.05) is 33.5 Å². The highest BCUT2D eigenvalue weighted by Crippen LogP contribution is 2.27. The number of methoxy groups -OCH3 is 1. The molecule has 2 heterocycles. The average Bonchev–Trinajstić information content (AvgIpc) is 3.28. The summed E-state index contributed by atoms with van der Waals surface area (Å²) in [7, 11) is 1.66. The molecule has 1 saturated heterocycles. The zero-order valence-electron chi connectivity index (χ0n) is 21.7. The third kappa shape index (κ3) is 7.10. The van der Waals surface area contributed by atoms with Crippen molar-refractivity contribution in [1.29, 1.82) is 0 Å². The van der Waals surface area contributed by atoms with Crippen molar-refractivity contribution in [1.82, 2.24) is 20.0 Å². The van der Waals surface area contributed by atoms with Gasteiger partial charge in [0.2, 0.25) is 5.91 Å². The number of hydrogen-bond donors (Lipinski definition) is 1. The first-order chi connectivity index (χ1) is 17.5. The van der Waals surface area contributed by atoms with Crippen molar-refractivity contribution in [3.63, 3.8) is 0 Å². The summed E-state index contributed by atoms with van der Waals surface area (Å²) in [5.41, 5.74) is 2.97. The van der Waals surface area contributed by atoms with Crippen molar-refractivity contribution < 1.29 is 14.3 Å². The second-order valence-corrected chi connectivity index (χ2v) is 9.93. The maximum atomic E-state index is 12.7. The van der Waals surface area contributed by atoms with E-state index in [2.05, 4.69) is 30.1 Å². The summed E-state index contributed by atoms with van der Waals surface area (Å²) in [4.78, 5) is 15.0. The number of carbonyl (C=O) groups is 1. The minimum atomic E-state index is 0.00504. The van der Waals surface area contributed by atoms with E-state index < -0.39 is 0 Å². The van der Waals surface area contributed by atoms with Crippen molar-refractivity contribution >= 4 is 5.91 Å². The molecule has 1 N–H and O–H groups in total. The van der Waals surface area contributed by atoms with Gasteiger partial charge in [0.1, 0.15) is 0 Å². The molecule has 0 saturated carbocycles. The van der Waals surface area contributed by atoms with Crippen LogP contribution in [0.4, 0.5) is 0 Å². The van der Waals surface area contributed by atoms with Crippen molar-refractivity contribution in [3.05, 3.63) is 72.1 Å². The Morgan fingerprint density at radius 3 is 2.44 bits per heavy atom. The molecule has 1 aliphatic heterocycles. The maximum absolute atomic E-state index is 12.7. The Morgan fingerprint density at radius 1 is 1.06 bits per heavy atom. The Kier molecular flexibility index (Phi) is 9.01. The molecule has 2 aromatic carbocycles. The van der Waals surface area contributed by atoms with Gasteiger partial charge in [0, 0.05) is 18.8 Å². The Bertz CT molecular complexity index is 1100. The molecule has 1 aromatic heterocycles. The molecule has 1 aliphatic rings. The molecule has 4 rings (SSSR count). The topological polar surface area (TPSA) is 68.6 Å². The second-order valence-electron chi connectivity index (χ2n) is 9.93. The fourth-order valence-electron chi connectivity index (χ4n) is 4.60. The molecule has 0 radical (unpaired) electrons. The van der Waals surface area contributed by atoms with Gasteiger partial charge in [-0.3, -0.25) is 9.69 Å². The number of likely N-dealkylation sites (tertiary alicyclic amines) is 1. The SMILES string of the molecule is COc1ccccc1OCC1CCN(CNC(=O)Cc2cc(CC(C)C)n(-c3ccccc3)n2)CC1. The summed E-state index contributed by atoms with van der Waals surface area (Å²) in [6.45, 7) is 7.54. The van der Waals surface area contributed by atoms with Crippen molar-refractivity contribution in [2.45, 2.75) is 39.5 Å². The van der Waals surface area contributed by atoms with Crippen LogP contribution in [-0.4, -0.2) is 54.1 Å². The minimum absolute atomic E-state index is 0.00504. The predicted molar refractivity (Wildman–Crippen MR) is 142 cm³/mol. The normalized spacial score (nSPS) is 14.7. The van der Waals surface area contributed by atoms with Crippen LogP contribution in [0.3, 0.4) is 0 Å². The molecular formula is C29H38N4O3.